The standard InChI is InChI=1S/C10H18O4/c1-8(12-5-10-7-14-10)2-3-11-4-9-6-13-9/h8-10H,2-7H2,1H3/t8-,9+,10-/m1/s1. The van der Waals surface area contributed by atoms with E-state index in [4.69, 9.17) is 18.9 Å². The van der Waals surface area contributed by atoms with Gasteiger partial charge in [0.1, 0.15) is 12.2 Å². The Morgan fingerprint density at radius 3 is 2.50 bits per heavy atom. The van der Waals surface area contributed by atoms with Crippen molar-refractivity contribution >= 4 is 0 Å². The average Bonchev–Trinajstić information content (AvgIpc) is 3.02. The molecule has 2 fully saturated rings. The summed E-state index contributed by atoms with van der Waals surface area (Å²) >= 11 is 0. The van der Waals surface area contributed by atoms with Crippen LogP contribution in [-0.4, -0.2) is 51.3 Å². The first-order valence-corrected chi connectivity index (χ1v) is 5.27. The summed E-state index contributed by atoms with van der Waals surface area (Å²) in [6.07, 6.45) is 1.93. The van der Waals surface area contributed by atoms with Gasteiger partial charge in [-0.25, -0.2) is 0 Å². The average molecular weight is 202 g/mol. The van der Waals surface area contributed by atoms with Gasteiger partial charge in [-0.2, -0.15) is 0 Å². The molecule has 0 saturated carbocycles. The van der Waals surface area contributed by atoms with E-state index in [2.05, 4.69) is 6.92 Å². The molecule has 2 aliphatic heterocycles. The normalized spacial score (nSPS) is 31.5. The Labute approximate surface area is 84.5 Å². The third kappa shape index (κ3) is 4.37. The van der Waals surface area contributed by atoms with E-state index in [9.17, 15) is 0 Å². The van der Waals surface area contributed by atoms with Gasteiger partial charge in [0.15, 0.2) is 0 Å². The number of ether oxygens (including phenoxy) is 4. The lowest BCUT2D eigenvalue weighted by atomic mass is 10.3. The molecule has 0 aromatic heterocycles. The lowest BCUT2D eigenvalue weighted by Crippen LogP contribution is -2.15. The third-order valence-corrected chi connectivity index (χ3v) is 2.34. The minimum atomic E-state index is 0.263. The Hall–Kier alpha value is -0.160. The van der Waals surface area contributed by atoms with Crippen LogP contribution in [0.3, 0.4) is 0 Å². The molecule has 0 radical (unpaired) electrons. The molecule has 2 aliphatic rings. The van der Waals surface area contributed by atoms with Crippen LogP contribution < -0.4 is 0 Å². The quantitative estimate of drug-likeness (QED) is 0.427. The molecule has 0 aliphatic carbocycles. The van der Waals surface area contributed by atoms with E-state index in [1.807, 2.05) is 0 Å². The molecular formula is C10H18O4. The van der Waals surface area contributed by atoms with Crippen molar-refractivity contribution in [3.63, 3.8) is 0 Å². The maximum Gasteiger partial charge on any atom is 0.104 e. The lowest BCUT2D eigenvalue weighted by molar-refractivity contribution is 0.0221. The van der Waals surface area contributed by atoms with Gasteiger partial charge in [-0.3, -0.25) is 0 Å². The molecule has 82 valence electrons. The Bertz CT molecular complexity index is 166. The third-order valence-electron chi connectivity index (χ3n) is 2.34. The van der Waals surface area contributed by atoms with E-state index < -0.39 is 0 Å². The fourth-order valence-corrected chi connectivity index (χ4v) is 1.15. The van der Waals surface area contributed by atoms with E-state index in [-0.39, 0.29) is 6.10 Å². The van der Waals surface area contributed by atoms with Crippen molar-refractivity contribution in [3.8, 4) is 0 Å². The van der Waals surface area contributed by atoms with Crippen molar-refractivity contribution < 1.29 is 18.9 Å². The number of epoxide rings is 2. The van der Waals surface area contributed by atoms with Gasteiger partial charge in [0.25, 0.3) is 0 Å². The van der Waals surface area contributed by atoms with Crippen molar-refractivity contribution in [2.45, 2.75) is 31.7 Å². The molecule has 4 nitrogen and oxygen atoms in total. The van der Waals surface area contributed by atoms with E-state index >= 15 is 0 Å². The second-order valence-electron chi connectivity index (χ2n) is 3.92. The highest BCUT2D eigenvalue weighted by Gasteiger charge is 2.24. The largest absolute Gasteiger partial charge is 0.379 e. The molecule has 2 rings (SSSR count). The molecule has 3 atom stereocenters. The maximum absolute atomic E-state index is 5.55. The molecule has 0 spiro atoms. The van der Waals surface area contributed by atoms with Crippen LogP contribution in [0.1, 0.15) is 13.3 Å². The Morgan fingerprint density at radius 1 is 1.21 bits per heavy atom. The zero-order chi connectivity index (χ0) is 9.80. The van der Waals surface area contributed by atoms with Crippen LogP contribution in [0.15, 0.2) is 0 Å². The predicted molar refractivity (Wildman–Crippen MR) is 50.3 cm³/mol. The van der Waals surface area contributed by atoms with Gasteiger partial charge in [-0.15, -0.1) is 0 Å². The molecule has 14 heavy (non-hydrogen) atoms. The zero-order valence-electron chi connectivity index (χ0n) is 8.61. The first kappa shape index (κ1) is 10.4. The highest BCUT2D eigenvalue weighted by atomic mass is 16.6. The van der Waals surface area contributed by atoms with Crippen molar-refractivity contribution in [2.24, 2.45) is 0 Å². The van der Waals surface area contributed by atoms with Gasteiger partial charge in [0.2, 0.25) is 0 Å². The highest BCUT2D eigenvalue weighted by molar-refractivity contribution is 4.69. The Balaban J connectivity index is 1.38. The molecule has 4 heteroatoms. The summed E-state index contributed by atoms with van der Waals surface area (Å²) in [5.41, 5.74) is 0. The number of hydrogen-bond acceptors (Lipinski definition) is 4. The highest BCUT2D eigenvalue weighted by Crippen LogP contribution is 2.11. The van der Waals surface area contributed by atoms with Crippen LogP contribution in [0.2, 0.25) is 0 Å². The first-order valence-electron chi connectivity index (χ1n) is 5.27. The van der Waals surface area contributed by atoms with Gasteiger partial charge in [-0.1, -0.05) is 0 Å². The van der Waals surface area contributed by atoms with Crippen molar-refractivity contribution in [1.29, 1.82) is 0 Å². The molecule has 0 amide bonds. The monoisotopic (exact) mass is 202 g/mol. The van der Waals surface area contributed by atoms with Crippen LogP contribution >= 0.6 is 0 Å². The van der Waals surface area contributed by atoms with Gasteiger partial charge >= 0.3 is 0 Å². The number of hydrogen-bond donors (Lipinski definition) is 0. The van der Waals surface area contributed by atoms with Crippen LogP contribution in [0.25, 0.3) is 0 Å². The molecule has 0 aromatic rings. The van der Waals surface area contributed by atoms with Gasteiger partial charge < -0.3 is 18.9 Å². The summed E-state index contributed by atoms with van der Waals surface area (Å²) in [4.78, 5) is 0. The van der Waals surface area contributed by atoms with E-state index in [0.29, 0.717) is 12.2 Å². The summed E-state index contributed by atoms with van der Waals surface area (Å²) in [7, 11) is 0. The SMILES string of the molecule is C[C@H](CCOC[C@H]1CO1)OC[C@@H]1CO1. The maximum atomic E-state index is 5.55. The zero-order valence-corrected chi connectivity index (χ0v) is 8.61. The molecule has 2 heterocycles. The second-order valence-corrected chi connectivity index (χ2v) is 3.92. The minimum Gasteiger partial charge on any atom is -0.379 e. The smallest absolute Gasteiger partial charge is 0.104 e. The first-order chi connectivity index (χ1) is 6.84. The molecule has 0 aromatic carbocycles. The molecule has 2 saturated heterocycles. The van der Waals surface area contributed by atoms with Crippen LogP contribution in [0, 0.1) is 0 Å². The Morgan fingerprint density at radius 2 is 1.86 bits per heavy atom. The fourth-order valence-electron chi connectivity index (χ4n) is 1.15. The Kier molecular flexibility index (Phi) is 3.75. The van der Waals surface area contributed by atoms with Gasteiger partial charge in [0.05, 0.1) is 32.5 Å². The van der Waals surface area contributed by atoms with Crippen molar-refractivity contribution in [1.82, 2.24) is 0 Å². The summed E-state index contributed by atoms with van der Waals surface area (Å²) in [5.74, 6) is 0. The molecule has 0 unspecified atom stereocenters. The van der Waals surface area contributed by atoms with Crippen LogP contribution in [0.4, 0.5) is 0 Å². The predicted octanol–water partition coefficient (Wildman–Crippen LogP) is 0.596. The minimum absolute atomic E-state index is 0.263. The second kappa shape index (κ2) is 5.07. The summed E-state index contributed by atoms with van der Waals surface area (Å²) in [5, 5.41) is 0. The van der Waals surface area contributed by atoms with Gasteiger partial charge in [-0.05, 0) is 13.3 Å². The summed E-state index contributed by atoms with van der Waals surface area (Å²) in [6, 6.07) is 0. The van der Waals surface area contributed by atoms with E-state index in [1.54, 1.807) is 0 Å². The number of rotatable bonds is 8. The fraction of sp³-hybridized carbons (Fsp3) is 1.00. The summed E-state index contributed by atoms with van der Waals surface area (Å²) in [6.45, 7) is 6.02. The topological polar surface area (TPSA) is 43.5 Å². The molecule has 0 bridgehead atoms. The van der Waals surface area contributed by atoms with Crippen molar-refractivity contribution in [3.05, 3.63) is 0 Å². The van der Waals surface area contributed by atoms with Crippen LogP contribution in [0.5, 0.6) is 0 Å². The van der Waals surface area contributed by atoms with E-state index in [1.165, 1.54) is 0 Å². The lowest BCUT2D eigenvalue weighted by Gasteiger charge is -2.11. The summed E-state index contributed by atoms with van der Waals surface area (Å²) < 4.78 is 21.0. The van der Waals surface area contributed by atoms with Crippen molar-refractivity contribution in [2.75, 3.05) is 33.0 Å². The van der Waals surface area contributed by atoms with Gasteiger partial charge in [0, 0.05) is 6.61 Å². The molecular weight excluding hydrogens is 184 g/mol. The van der Waals surface area contributed by atoms with Crippen LogP contribution in [-0.2, 0) is 18.9 Å². The molecule has 0 N–H and O–H groups in total. The van der Waals surface area contributed by atoms with E-state index in [0.717, 1.165) is 39.5 Å².